The number of benzene rings is 1. The molecule has 0 amide bonds. The van der Waals surface area contributed by atoms with Gasteiger partial charge >= 0.3 is 0 Å². The van der Waals surface area contributed by atoms with E-state index in [0.29, 0.717) is 10.6 Å². The Kier molecular flexibility index (Phi) is 2.93. The smallest absolute Gasteiger partial charge is 0.139 e. The highest BCUT2D eigenvalue weighted by molar-refractivity contribution is 6.35. The maximum absolute atomic E-state index is 10.1. The van der Waals surface area contributed by atoms with Gasteiger partial charge in [0.15, 0.2) is 0 Å². The third-order valence-corrected chi connectivity index (χ3v) is 3.62. The van der Waals surface area contributed by atoms with Crippen molar-refractivity contribution in [3.05, 3.63) is 45.5 Å². The van der Waals surface area contributed by atoms with Crippen LogP contribution >= 0.6 is 23.2 Å². The molecule has 18 heavy (non-hydrogen) atoms. The Bertz CT molecular complexity index is 597. The summed E-state index contributed by atoms with van der Waals surface area (Å²) in [7, 11) is 0. The van der Waals surface area contributed by atoms with Crippen molar-refractivity contribution in [2.24, 2.45) is 0 Å². The minimum Gasteiger partial charge on any atom is -0.506 e. The van der Waals surface area contributed by atoms with Crippen molar-refractivity contribution in [3.63, 3.8) is 0 Å². The van der Waals surface area contributed by atoms with Gasteiger partial charge < -0.3 is 15.4 Å². The summed E-state index contributed by atoms with van der Waals surface area (Å²) < 4.78 is 0. The number of imidazole rings is 1. The molecular formula is C12H11Cl2N3O. The van der Waals surface area contributed by atoms with Crippen molar-refractivity contribution >= 4 is 23.2 Å². The molecule has 94 valence electrons. The molecule has 1 aromatic carbocycles. The van der Waals surface area contributed by atoms with Crippen molar-refractivity contribution in [2.45, 2.75) is 12.5 Å². The molecule has 6 heteroatoms. The zero-order chi connectivity index (χ0) is 12.7. The minimum atomic E-state index is -0.184. The summed E-state index contributed by atoms with van der Waals surface area (Å²) in [5.41, 5.74) is 2.62. The first-order valence-electron chi connectivity index (χ1n) is 5.60. The number of fused-ring (bicyclic) bond motifs is 1. The zero-order valence-corrected chi connectivity index (χ0v) is 10.9. The van der Waals surface area contributed by atoms with Gasteiger partial charge in [-0.25, -0.2) is 4.98 Å². The molecule has 4 nitrogen and oxygen atoms in total. The lowest BCUT2D eigenvalue weighted by molar-refractivity contribution is 0.452. The number of hydrogen-bond acceptors (Lipinski definition) is 3. The number of halogens is 2. The summed E-state index contributed by atoms with van der Waals surface area (Å²) >= 11 is 11.9. The summed E-state index contributed by atoms with van der Waals surface area (Å²) in [6.07, 6.45) is 2.55. The van der Waals surface area contributed by atoms with E-state index >= 15 is 0 Å². The van der Waals surface area contributed by atoms with Crippen molar-refractivity contribution in [2.75, 3.05) is 6.54 Å². The number of aromatic hydroxyl groups is 1. The molecule has 2 heterocycles. The van der Waals surface area contributed by atoms with E-state index in [1.807, 2.05) is 0 Å². The number of rotatable bonds is 1. The number of aromatic amines is 1. The SMILES string of the molecule is Oc1c(Cl)cc(Cl)cc1[C@@H]1NCCc2[nH]cnc21. The highest BCUT2D eigenvalue weighted by atomic mass is 35.5. The molecule has 1 atom stereocenters. The third kappa shape index (κ3) is 1.86. The van der Waals surface area contributed by atoms with E-state index in [-0.39, 0.29) is 16.8 Å². The van der Waals surface area contributed by atoms with E-state index in [9.17, 15) is 5.11 Å². The molecule has 0 spiro atoms. The molecule has 0 saturated carbocycles. The van der Waals surface area contributed by atoms with Crippen LogP contribution in [-0.2, 0) is 6.42 Å². The molecule has 2 aromatic rings. The average Bonchev–Trinajstić information content (AvgIpc) is 2.81. The second-order valence-corrected chi connectivity index (χ2v) is 5.07. The van der Waals surface area contributed by atoms with Crippen molar-refractivity contribution in [3.8, 4) is 5.75 Å². The fourth-order valence-electron chi connectivity index (χ4n) is 2.28. The van der Waals surface area contributed by atoms with Gasteiger partial charge in [-0.1, -0.05) is 23.2 Å². The first-order chi connectivity index (χ1) is 8.66. The molecule has 0 bridgehead atoms. The fourth-order valence-corrected chi connectivity index (χ4v) is 2.79. The summed E-state index contributed by atoms with van der Waals surface area (Å²) in [5, 5.41) is 14.1. The topological polar surface area (TPSA) is 60.9 Å². The molecule has 0 saturated heterocycles. The van der Waals surface area contributed by atoms with Crippen LogP contribution in [0.2, 0.25) is 10.0 Å². The van der Waals surface area contributed by atoms with Crippen LogP contribution < -0.4 is 5.32 Å². The molecule has 3 rings (SSSR count). The van der Waals surface area contributed by atoms with E-state index < -0.39 is 0 Å². The molecule has 0 aliphatic carbocycles. The summed E-state index contributed by atoms with van der Waals surface area (Å²) in [4.78, 5) is 7.41. The molecule has 0 fully saturated rings. The highest BCUT2D eigenvalue weighted by Crippen LogP contribution is 2.38. The molecule has 1 aliphatic heterocycles. The molecule has 0 radical (unpaired) electrons. The molecule has 3 N–H and O–H groups in total. The first-order valence-corrected chi connectivity index (χ1v) is 6.36. The van der Waals surface area contributed by atoms with Crippen LogP contribution in [0, 0.1) is 0 Å². The Morgan fingerprint density at radius 3 is 3.00 bits per heavy atom. The Morgan fingerprint density at radius 2 is 2.17 bits per heavy atom. The quantitative estimate of drug-likeness (QED) is 0.754. The maximum Gasteiger partial charge on any atom is 0.139 e. The lowest BCUT2D eigenvalue weighted by Gasteiger charge is -2.24. The Hall–Kier alpha value is -1.23. The monoisotopic (exact) mass is 283 g/mol. The van der Waals surface area contributed by atoms with E-state index in [4.69, 9.17) is 23.2 Å². The molecule has 1 aliphatic rings. The van der Waals surface area contributed by atoms with E-state index in [0.717, 1.165) is 24.4 Å². The van der Waals surface area contributed by atoms with Gasteiger partial charge in [-0.3, -0.25) is 0 Å². The van der Waals surface area contributed by atoms with Crippen LogP contribution in [0.1, 0.15) is 23.0 Å². The fraction of sp³-hybridized carbons (Fsp3) is 0.250. The molecule has 1 aromatic heterocycles. The highest BCUT2D eigenvalue weighted by Gasteiger charge is 2.27. The van der Waals surface area contributed by atoms with Gasteiger partial charge in [0.1, 0.15) is 5.75 Å². The van der Waals surface area contributed by atoms with Gasteiger partial charge in [-0.2, -0.15) is 0 Å². The van der Waals surface area contributed by atoms with Crippen LogP contribution in [0.15, 0.2) is 18.5 Å². The number of phenols is 1. The summed E-state index contributed by atoms with van der Waals surface area (Å²) in [5.74, 6) is 0.0504. The predicted molar refractivity (Wildman–Crippen MR) is 70.3 cm³/mol. The number of aromatic nitrogens is 2. The van der Waals surface area contributed by atoms with Crippen molar-refractivity contribution < 1.29 is 5.11 Å². The Labute approximate surface area is 114 Å². The van der Waals surface area contributed by atoms with Gasteiger partial charge in [0.2, 0.25) is 0 Å². The Balaban J connectivity index is 2.13. The van der Waals surface area contributed by atoms with Crippen molar-refractivity contribution in [1.29, 1.82) is 0 Å². The minimum absolute atomic E-state index is 0.0504. The van der Waals surface area contributed by atoms with Gasteiger partial charge in [-0.15, -0.1) is 0 Å². The van der Waals surface area contributed by atoms with Gasteiger partial charge in [-0.05, 0) is 12.1 Å². The second-order valence-electron chi connectivity index (χ2n) is 4.23. The maximum atomic E-state index is 10.1. The lowest BCUT2D eigenvalue weighted by Crippen LogP contribution is -2.30. The predicted octanol–water partition coefficient (Wildman–Crippen LogP) is 2.66. The van der Waals surface area contributed by atoms with Gasteiger partial charge in [0.25, 0.3) is 0 Å². The van der Waals surface area contributed by atoms with E-state index in [1.54, 1.807) is 12.4 Å². The van der Waals surface area contributed by atoms with Gasteiger partial charge in [0, 0.05) is 29.2 Å². The van der Waals surface area contributed by atoms with Gasteiger partial charge in [0.05, 0.1) is 23.1 Å². The van der Waals surface area contributed by atoms with E-state index in [1.165, 1.54) is 6.07 Å². The Morgan fingerprint density at radius 1 is 1.33 bits per heavy atom. The largest absolute Gasteiger partial charge is 0.506 e. The van der Waals surface area contributed by atoms with Crippen LogP contribution in [0.3, 0.4) is 0 Å². The standard InChI is InChI=1S/C12H11Cl2N3O/c13-6-3-7(12(18)8(14)4-6)10-11-9(1-2-15-10)16-5-17-11/h3-5,10,15,18H,1-2H2,(H,16,17)/t10-/m0/s1. The third-order valence-electron chi connectivity index (χ3n) is 3.12. The van der Waals surface area contributed by atoms with Crippen LogP contribution in [-0.4, -0.2) is 21.6 Å². The summed E-state index contributed by atoms with van der Waals surface area (Å²) in [6, 6.07) is 3.05. The number of nitrogens with zero attached hydrogens (tertiary/aromatic N) is 1. The van der Waals surface area contributed by atoms with Crippen LogP contribution in [0.4, 0.5) is 0 Å². The summed E-state index contributed by atoms with van der Waals surface area (Å²) in [6.45, 7) is 0.809. The average molecular weight is 284 g/mol. The van der Waals surface area contributed by atoms with E-state index in [2.05, 4.69) is 15.3 Å². The zero-order valence-electron chi connectivity index (χ0n) is 9.37. The van der Waals surface area contributed by atoms with Crippen molar-refractivity contribution in [1.82, 2.24) is 15.3 Å². The second kappa shape index (κ2) is 4.46. The van der Waals surface area contributed by atoms with Crippen LogP contribution in [0.25, 0.3) is 0 Å². The molecular weight excluding hydrogens is 273 g/mol. The normalized spacial score (nSPS) is 18.7. The number of phenolic OH excluding ortho intramolecular Hbond substituents is 1. The molecule has 0 unspecified atom stereocenters. The number of hydrogen-bond donors (Lipinski definition) is 3. The van der Waals surface area contributed by atoms with Crippen LogP contribution in [0.5, 0.6) is 5.75 Å². The lowest BCUT2D eigenvalue weighted by atomic mass is 9.97. The number of nitrogens with one attached hydrogen (secondary N) is 2. The first kappa shape index (κ1) is 11.8. The number of H-pyrrole nitrogens is 1.